The number of nitrogens with one attached hydrogen (secondary N) is 1. The van der Waals surface area contributed by atoms with Gasteiger partial charge in [0.2, 0.25) is 5.91 Å². The van der Waals surface area contributed by atoms with Gasteiger partial charge in [0, 0.05) is 29.4 Å². The van der Waals surface area contributed by atoms with Crippen molar-refractivity contribution in [3.05, 3.63) is 64.5 Å². The Balaban J connectivity index is 2.01. The van der Waals surface area contributed by atoms with Gasteiger partial charge in [0.1, 0.15) is 0 Å². The fourth-order valence-corrected chi connectivity index (χ4v) is 3.41. The average molecular weight is 340 g/mol. The molecule has 0 aliphatic carbocycles. The molecule has 0 saturated carbocycles. The summed E-state index contributed by atoms with van der Waals surface area (Å²) in [4.78, 5) is 17.4. The molecule has 0 aromatic heterocycles. The van der Waals surface area contributed by atoms with Crippen LogP contribution in [0.25, 0.3) is 4.85 Å². The Bertz CT molecular complexity index is 810. The van der Waals surface area contributed by atoms with Crippen LogP contribution < -0.4 is 10.2 Å². The fraction of sp³-hybridized carbons (Fsp3) is 0.263. The highest BCUT2D eigenvalue weighted by Crippen LogP contribution is 2.40. The Morgan fingerprint density at radius 2 is 2.00 bits per heavy atom. The van der Waals surface area contributed by atoms with Gasteiger partial charge in [-0.2, -0.15) is 0 Å². The minimum absolute atomic E-state index is 0.0178. The van der Waals surface area contributed by atoms with E-state index in [1.54, 1.807) is 13.0 Å². The van der Waals surface area contributed by atoms with E-state index in [0.29, 0.717) is 10.7 Å². The highest BCUT2D eigenvalue weighted by molar-refractivity contribution is 6.30. The van der Waals surface area contributed by atoms with Crippen molar-refractivity contribution in [1.29, 1.82) is 0 Å². The molecule has 24 heavy (non-hydrogen) atoms. The molecule has 1 N–H and O–H groups in total. The molecule has 2 aromatic rings. The molecular weight excluding hydrogens is 322 g/mol. The predicted molar refractivity (Wildman–Crippen MR) is 97.8 cm³/mol. The summed E-state index contributed by atoms with van der Waals surface area (Å²) in [5, 5.41) is 4.20. The minimum Gasteiger partial charge on any atom is -0.378 e. The topological polar surface area (TPSA) is 36.7 Å². The van der Waals surface area contributed by atoms with Gasteiger partial charge in [0.15, 0.2) is 5.69 Å². The van der Waals surface area contributed by atoms with Crippen molar-refractivity contribution in [2.45, 2.75) is 32.4 Å². The number of fused-ring (bicyclic) bond motifs is 1. The second kappa shape index (κ2) is 6.54. The standard InChI is InChI=1S/C19H18ClN3O/c1-12-10-18(22-15-6-4-14(20)5-7-15)17-11-16(21-3)8-9-19(17)23(12)13(2)24/h4-9,11-12,18,22H,10H2,1-2H3. The van der Waals surface area contributed by atoms with Crippen molar-refractivity contribution in [1.82, 2.24) is 0 Å². The van der Waals surface area contributed by atoms with E-state index in [9.17, 15) is 4.79 Å². The van der Waals surface area contributed by atoms with E-state index in [-0.39, 0.29) is 18.0 Å². The quantitative estimate of drug-likeness (QED) is 0.764. The number of nitrogens with zero attached hydrogens (tertiary/aromatic N) is 2. The van der Waals surface area contributed by atoms with Gasteiger partial charge in [-0.3, -0.25) is 4.79 Å². The highest BCUT2D eigenvalue weighted by Gasteiger charge is 2.32. The smallest absolute Gasteiger partial charge is 0.224 e. The Kier molecular flexibility index (Phi) is 4.46. The maximum Gasteiger partial charge on any atom is 0.224 e. The minimum atomic E-state index is 0.0178. The maximum atomic E-state index is 12.1. The first-order valence-electron chi connectivity index (χ1n) is 7.83. The van der Waals surface area contributed by atoms with Crippen molar-refractivity contribution in [3.8, 4) is 0 Å². The van der Waals surface area contributed by atoms with E-state index in [4.69, 9.17) is 18.2 Å². The maximum absolute atomic E-state index is 12.1. The number of halogens is 1. The Morgan fingerprint density at radius 3 is 2.62 bits per heavy atom. The monoisotopic (exact) mass is 339 g/mol. The van der Waals surface area contributed by atoms with Crippen LogP contribution in [0.1, 0.15) is 31.9 Å². The lowest BCUT2D eigenvalue weighted by atomic mass is 9.91. The second-order valence-electron chi connectivity index (χ2n) is 6.03. The molecular formula is C19H18ClN3O. The number of hydrogen-bond donors (Lipinski definition) is 1. The number of amides is 1. The summed E-state index contributed by atoms with van der Waals surface area (Å²) in [7, 11) is 0. The van der Waals surface area contributed by atoms with E-state index in [1.807, 2.05) is 48.2 Å². The van der Waals surface area contributed by atoms with Crippen LogP contribution in [0.2, 0.25) is 5.02 Å². The third kappa shape index (κ3) is 3.08. The molecule has 0 bridgehead atoms. The largest absolute Gasteiger partial charge is 0.378 e. The first-order valence-corrected chi connectivity index (χ1v) is 8.20. The fourth-order valence-electron chi connectivity index (χ4n) is 3.28. The first kappa shape index (κ1) is 16.4. The third-order valence-electron chi connectivity index (χ3n) is 4.32. The lowest BCUT2D eigenvalue weighted by molar-refractivity contribution is -0.117. The van der Waals surface area contributed by atoms with Crippen LogP contribution in [0, 0.1) is 6.57 Å². The SMILES string of the molecule is [C-]#[N+]c1ccc2c(c1)C(Nc1ccc(Cl)cc1)CC(C)N2C(C)=O. The molecule has 1 aliphatic heterocycles. The normalized spacial score (nSPS) is 19.3. The molecule has 1 heterocycles. The lowest BCUT2D eigenvalue weighted by Crippen LogP contribution is -2.43. The molecule has 122 valence electrons. The zero-order valence-corrected chi connectivity index (χ0v) is 14.3. The second-order valence-corrected chi connectivity index (χ2v) is 6.47. The molecule has 0 spiro atoms. The lowest BCUT2D eigenvalue weighted by Gasteiger charge is -2.39. The van der Waals surface area contributed by atoms with E-state index < -0.39 is 0 Å². The van der Waals surface area contributed by atoms with E-state index in [2.05, 4.69) is 10.2 Å². The Hall–Kier alpha value is -2.51. The van der Waals surface area contributed by atoms with E-state index >= 15 is 0 Å². The number of carbonyl (C=O) groups excluding carboxylic acids is 1. The van der Waals surface area contributed by atoms with Crippen LogP contribution in [0.5, 0.6) is 0 Å². The van der Waals surface area contributed by atoms with E-state index in [0.717, 1.165) is 23.4 Å². The molecule has 5 heteroatoms. The molecule has 1 amide bonds. The van der Waals surface area contributed by atoms with Crippen LogP contribution in [0.15, 0.2) is 42.5 Å². The Morgan fingerprint density at radius 1 is 1.29 bits per heavy atom. The van der Waals surface area contributed by atoms with E-state index in [1.165, 1.54) is 0 Å². The van der Waals surface area contributed by atoms with Crippen molar-refractivity contribution < 1.29 is 4.79 Å². The van der Waals surface area contributed by atoms with Gasteiger partial charge in [-0.1, -0.05) is 17.7 Å². The summed E-state index contributed by atoms with van der Waals surface area (Å²) < 4.78 is 0. The van der Waals surface area contributed by atoms with Crippen LogP contribution in [0.4, 0.5) is 17.1 Å². The van der Waals surface area contributed by atoms with Crippen molar-refractivity contribution >= 4 is 34.6 Å². The van der Waals surface area contributed by atoms with Gasteiger partial charge < -0.3 is 10.2 Å². The predicted octanol–water partition coefficient (Wildman–Crippen LogP) is 5.19. The summed E-state index contributed by atoms with van der Waals surface area (Å²) >= 11 is 5.95. The van der Waals surface area contributed by atoms with Gasteiger partial charge in [-0.05, 0) is 55.3 Å². The summed E-state index contributed by atoms with van der Waals surface area (Å²) in [5.74, 6) is 0.0178. The molecule has 1 aliphatic rings. The van der Waals surface area contributed by atoms with Crippen LogP contribution in [-0.4, -0.2) is 11.9 Å². The number of hydrogen-bond acceptors (Lipinski definition) is 2. The molecule has 2 atom stereocenters. The van der Waals surface area contributed by atoms with Gasteiger partial charge in [-0.25, -0.2) is 4.85 Å². The zero-order valence-electron chi connectivity index (χ0n) is 13.6. The average Bonchev–Trinajstić information content (AvgIpc) is 2.56. The summed E-state index contributed by atoms with van der Waals surface area (Å²) in [5.41, 5.74) is 3.40. The first-order chi connectivity index (χ1) is 11.5. The molecule has 0 fully saturated rings. The number of benzene rings is 2. The molecule has 0 saturated heterocycles. The third-order valence-corrected chi connectivity index (χ3v) is 4.57. The van der Waals surface area contributed by atoms with Crippen LogP contribution in [0.3, 0.4) is 0 Å². The summed E-state index contributed by atoms with van der Waals surface area (Å²) in [6, 6.07) is 13.2. The summed E-state index contributed by atoms with van der Waals surface area (Å²) in [6.07, 6.45) is 0.774. The van der Waals surface area contributed by atoms with Gasteiger partial charge in [0.05, 0.1) is 12.6 Å². The molecule has 4 nitrogen and oxygen atoms in total. The number of carbonyl (C=O) groups is 1. The van der Waals surface area contributed by atoms with Crippen molar-refractivity contribution in [2.75, 3.05) is 10.2 Å². The van der Waals surface area contributed by atoms with Gasteiger partial charge in [0.25, 0.3) is 0 Å². The summed E-state index contributed by atoms with van der Waals surface area (Å²) in [6.45, 7) is 10.9. The zero-order chi connectivity index (χ0) is 17.3. The van der Waals surface area contributed by atoms with Crippen LogP contribution >= 0.6 is 11.6 Å². The van der Waals surface area contributed by atoms with Gasteiger partial charge in [-0.15, -0.1) is 0 Å². The molecule has 3 rings (SSSR count). The van der Waals surface area contributed by atoms with Crippen molar-refractivity contribution in [2.24, 2.45) is 0 Å². The number of rotatable bonds is 2. The van der Waals surface area contributed by atoms with Crippen molar-refractivity contribution in [3.63, 3.8) is 0 Å². The Labute approximate surface area is 146 Å². The molecule has 0 radical (unpaired) electrons. The molecule has 2 aromatic carbocycles. The number of anilines is 2. The molecule has 2 unspecified atom stereocenters. The van der Waals surface area contributed by atoms with Gasteiger partial charge >= 0.3 is 0 Å². The van der Waals surface area contributed by atoms with Crippen LogP contribution in [-0.2, 0) is 4.79 Å². The highest BCUT2D eigenvalue weighted by atomic mass is 35.5.